The largest absolute Gasteiger partial charge is 0.462 e. The highest BCUT2D eigenvalue weighted by atomic mass is 32.1. The van der Waals surface area contributed by atoms with Crippen LogP contribution in [0.2, 0.25) is 0 Å². The summed E-state index contributed by atoms with van der Waals surface area (Å²) in [6.07, 6.45) is 5.92. The summed E-state index contributed by atoms with van der Waals surface area (Å²) >= 11 is 1.29. The number of hydrogen-bond acceptors (Lipinski definition) is 6. The smallest absolute Gasteiger partial charge is 0.350 e. The highest BCUT2D eigenvalue weighted by Crippen LogP contribution is 2.38. The first-order chi connectivity index (χ1) is 10.2. The van der Waals surface area contributed by atoms with E-state index >= 15 is 0 Å². The van der Waals surface area contributed by atoms with Crippen LogP contribution in [0.1, 0.15) is 54.3 Å². The molecule has 114 valence electrons. The van der Waals surface area contributed by atoms with Crippen molar-refractivity contribution in [2.75, 3.05) is 30.3 Å². The van der Waals surface area contributed by atoms with Gasteiger partial charge in [0.05, 0.1) is 12.3 Å². The maximum Gasteiger partial charge on any atom is 0.350 e. The number of nitrogen functional groups attached to an aromatic ring is 1. The topological polar surface area (TPSA) is 79.3 Å². The van der Waals surface area contributed by atoms with Gasteiger partial charge in [-0.15, -0.1) is 11.3 Å². The highest BCUT2D eigenvalue weighted by Gasteiger charge is 2.25. The molecule has 21 heavy (non-hydrogen) atoms. The van der Waals surface area contributed by atoms with E-state index in [9.17, 15) is 10.1 Å². The molecule has 1 aliphatic rings. The average Bonchev–Trinajstić information content (AvgIpc) is 2.75. The van der Waals surface area contributed by atoms with Gasteiger partial charge in [0.1, 0.15) is 21.5 Å². The normalized spacial score (nSPS) is 15.9. The van der Waals surface area contributed by atoms with Crippen LogP contribution in [0.25, 0.3) is 0 Å². The number of carbonyl (C=O) groups excluding carboxylic acids is 1. The summed E-state index contributed by atoms with van der Waals surface area (Å²) < 4.78 is 5.02. The second kappa shape index (κ2) is 7.32. The van der Waals surface area contributed by atoms with Gasteiger partial charge in [-0.25, -0.2) is 4.79 Å². The number of carbonyl (C=O) groups is 1. The van der Waals surface area contributed by atoms with E-state index in [1.165, 1.54) is 30.6 Å². The summed E-state index contributed by atoms with van der Waals surface area (Å²) in [6.45, 7) is 3.89. The van der Waals surface area contributed by atoms with Crippen LogP contribution in [0.3, 0.4) is 0 Å². The number of thiophene rings is 1. The van der Waals surface area contributed by atoms with Gasteiger partial charge in [0.15, 0.2) is 0 Å². The summed E-state index contributed by atoms with van der Waals surface area (Å²) in [6, 6.07) is 2.15. The molecule has 2 N–H and O–H groups in total. The third kappa shape index (κ3) is 3.48. The van der Waals surface area contributed by atoms with Crippen molar-refractivity contribution in [1.82, 2.24) is 0 Å². The maximum absolute atomic E-state index is 11.9. The first kappa shape index (κ1) is 15.6. The van der Waals surface area contributed by atoms with Gasteiger partial charge in [-0.05, 0) is 19.8 Å². The lowest BCUT2D eigenvalue weighted by Crippen LogP contribution is -2.26. The molecule has 5 nitrogen and oxygen atoms in total. The van der Waals surface area contributed by atoms with Crippen LogP contribution in [-0.2, 0) is 4.74 Å². The Balaban J connectivity index is 2.31. The van der Waals surface area contributed by atoms with E-state index < -0.39 is 5.97 Å². The van der Waals surface area contributed by atoms with Crippen molar-refractivity contribution in [3.8, 4) is 6.07 Å². The number of nitrogens with two attached hydrogens (primary N) is 1. The van der Waals surface area contributed by atoms with Gasteiger partial charge in [0.25, 0.3) is 0 Å². The molecule has 0 aromatic carbocycles. The van der Waals surface area contributed by atoms with E-state index in [-0.39, 0.29) is 5.69 Å². The van der Waals surface area contributed by atoms with Gasteiger partial charge in [-0.3, -0.25) is 0 Å². The van der Waals surface area contributed by atoms with Gasteiger partial charge in [-0.2, -0.15) is 5.26 Å². The van der Waals surface area contributed by atoms with Crippen molar-refractivity contribution in [3.05, 3.63) is 10.4 Å². The van der Waals surface area contributed by atoms with Crippen LogP contribution in [0.4, 0.5) is 10.7 Å². The average molecular weight is 307 g/mol. The Labute approximate surface area is 129 Å². The Morgan fingerprint density at radius 3 is 2.52 bits per heavy atom. The van der Waals surface area contributed by atoms with Crippen molar-refractivity contribution in [2.24, 2.45) is 0 Å². The minimum Gasteiger partial charge on any atom is -0.462 e. The maximum atomic E-state index is 11.9. The molecule has 0 aliphatic carbocycles. The van der Waals surface area contributed by atoms with E-state index in [4.69, 9.17) is 10.5 Å². The monoisotopic (exact) mass is 307 g/mol. The van der Waals surface area contributed by atoms with Gasteiger partial charge in [-0.1, -0.05) is 19.3 Å². The van der Waals surface area contributed by atoms with E-state index in [1.807, 2.05) is 0 Å². The first-order valence-electron chi connectivity index (χ1n) is 7.43. The molecule has 2 heterocycles. The number of esters is 1. The van der Waals surface area contributed by atoms with Crippen LogP contribution >= 0.6 is 11.3 Å². The Morgan fingerprint density at radius 2 is 1.95 bits per heavy atom. The van der Waals surface area contributed by atoms with Gasteiger partial charge in [0, 0.05) is 13.1 Å². The predicted molar refractivity (Wildman–Crippen MR) is 84.7 cm³/mol. The fourth-order valence-corrected chi connectivity index (χ4v) is 3.68. The van der Waals surface area contributed by atoms with E-state index in [0.717, 1.165) is 30.9 Å². The SMILES string of the molecule is CCOC(=O)c1sc(N2CCCCCCC2)c(C#N)c1N. The lowest BCUT2D eigenvalue weighted by Gasteiger charge is -2.25. The van der Waals surface area contributed by atoms with Gasteiger partial charge < -0.3 is 15.4 Å². The molecule has 1 aliphatic heterocycles. The number of nitrogens with zero attached hydrogens (tertiary/aromatic N) is 2. The second-order valence-electron chi connectivity index (χ2n) is 5.11. The Kier molecular flexibility index (Phi) is 5.45. The number of nitriles is 1. The van der Waals surface area contributed by atoms with E-state index in [0.29, 0.717) is 17.0 Å². The molecule has 0 amide bonds. The molecule has 1 aromatic heterocycles. The molecular weight excluding hydrogens is 286 g/mol. The molecule has 1 fully saturated rings. The van der Waals surface area contributed by atoms with Crippen molar-refractivity contribution in [3.63, 3.8) is 0 Å². The summed E-state index contributed by atoms with van der Waals surface area (Å²) in [7, 11) is 0. The Bertz CT molecular complexity index is 540. The zero-order valence-electron chi connectivity index (χ0n) is 12.4. The minimum absolute atomic E-state index is 0.262. The highest BCUT2D eigenvalue weighted by molar-refractivity contribution is 7.18. The third-order valence-corrected chi connectivity index (χ3v) is 4.89. The van der Waals surface area contributed by atoms with Crippen LogP contribution < -0.4 is 10.6 Å². The zero-order chi connectivity index (χ0) is 15.2. The number of rotatable bonds is 3. The minimum atomic E-state index is -0.435. The summed E-state index contributed by atoms with van der Waals surface area (Å²) in [5.74, 6) is -0.435. The molecule has 0 atom stereocenters. The van der Waals surface area contributed by atoms with Crippen LogP contribution in [-0.4, -0.2) is 25.7 Å². The summed E-state index contributed by atoms with van der Waals surface area (Å²) in [5.41, 5.74) is 6.66. The quantitative estimate of drug-likeness (QED) is 0.868. The molecule has 0 unspecified atom stereocenters. The molecule has 6 heteroatoms. The fourth-order valence-electron chi connectivity index (χ4n) is 2.56. The van der Waals surface area contributed by atoms with Crippen molar-refractivity contribution < 1.29 is 9.53 Å². The zero-order valence-corrected chi connectivity index (χ0v) is 13.2. The van der Waals surface area contributed by atoms with E-state index in [1.54, 1.807) is 6.92 Å². The fraction of sp³-hybridized carbons (Fsp3) is 0.600. The molecule has 2 rings (SSSR count). The van der Waals surface area contributed by atoms with Crippen molar-refractivity contribution in [2.45, 2.75) is 39.0 Å². The summed E-state index contributed by atoms with van der Waals surface area (Å²) in [4.78, 5) is 14.5. The Hall–Kier alpha value is -1.74. The molecule has 0 radical (unpaired) electrons. The van der Waals surface area contributed by atoms with E-state index in [2.05, 4.69) is 11.0 Å². The molecule has 0 saturated carbocycles. The number of anilines is 2. The lowest BCUT2D eigenvalue weighted by atomic mass is 10.1. The Morgan fingerprint density at radius 1 is 1.33 bits per heavy atom. The predicted octanol–water partition coefficient (Wildman–Crippen LogP) is 3.15. The number of hydrogen-bond donors (Lipinski definition) is 1. The van der Waals surface area contributed by atoms with Crippen molar-refractivity contribution >= 4 is 28.0 Å². The number of ether oxygens (including phenoxy) is 1. The standard InChI is InChI=1S/C15H21N3O2S/c1-2-20-15(19)13-12(17)11(10-16)14(21-13)18-8-6-4-3-5-7-9-18/h2-9,17H2,1H3. The third-order valence-electron chi connectivity index (χ3n) is 3.64. The van der Waals surface area contributed by atoms with Crippen LogP contribution in [0, 0.1) is 11.3 Å². The molecule has 0 bridgehead atoms. The van der Waals surface area contributed by atoms with Crippen LogP contribution in [0.15, 0.2) is 0 Å². The van der Waals surface area contributed by atoms with Gasteiger partial charge >= 0.3 is 5.97 Å². The first-order valence-corrected chi connectivity index (χ1v) is 8.25. The lowest BCUT2D eigenvalue weighted by molar-refractivity contribution is 0.0533. The van der Waals surface area contributed by atoms with Gasteiger partial charge in [0.2, 0.25) is 0 Å². The second-order valence-corrected chi connectivity index (χ2v) is 6.11. The van der Waals surface area contributed by atoms with Crippen molar-refractivity contribution in [1.29, 1.82) is 5.26 Å². The summed E-state index contributed by atoms with van der Waals surface area (Å²) in [5, 5.41) is 10.2. The molecule has 0 spiro atoms. The molecule has 1 saturated heterocycles. The molecule has 1 aromatic rings. The van der Waals surface area contributed by atoms with Crippen LogP contribution in [0.5, 0.6) is 0 Å². The molecular formula is C15H21N3O2S.